The van der Waals surface area contributed by atoms with E-state index in [0.717, 1.165) is 5.56 Å². The summed E-state index contributed by atoms with van der Waals surface area (Å²) in [5, 5.41) is 19.2. The highest BCUT2D eigenvalue weighted by atomic mass is 16.7. The lowest BCUT2D eigenvalue weighted by Crippen LogP contribution is -2.50. The van der Waals surface area contributed by atoms with Gasteiger partial charge in [0.2, 0.25) is 0 Å². The van der Waals surface area contributed by atoms with Crippen LogP contribution in [0.25, 0.3) is 0 Å². The number of aliphatic hydroxyl groups excluding tert-OH is 1. The number of aliphatic imine (C=N–C) groups is 1. The largest absolute Gasteiger partial charge is 0.555 e. The van der Waals surface area contributed by atoms with Crippen molar-refractivity contribution in [3.63, 3.8) is 0 Å². The van der Waals surface area contributed by atoms with Gasteiger partial charge in [0.05, 0.1) is 19.3 Å². The highest BCUT2D eigenvalue weighted by molar-refractivity contribution is 6.74. The van der Waals surface area contributed by atoms with Gasteiger partial charge >= 0.3 is 6.75 Å². The van der Waals surface area contributed by atoms with E-state index in [1.54, 1.807) is 24.3 Å². The fraction of sp³-hybridized carbons (Fsp3) is 0.364. The summed E-state index contributed by atoms with van der Waals surface area (Å²) in [4.78, 5) is 3.88. The van der Waals surface area contributed by atoms with E-state index in [1.165, 1.54) is 0 Å². The van der Waals surface area contributed by atoms with Crippen LogP contribution in [0, 0.1) is 0 Å². The topological polar surface area (TPSA) is 123 Å². The van der Waals surface area contributed by atoms with Crippen LogP contribution in [0.1, 0.15) is 5.56 Å². The summed E-state index contributed by atoms with van der Waals surface area (Å²) in [5.74, 6) is 0.0279. The molecule has 0 amide bonds. The Balaban J connectivity index is 2.08. The zero-order chi connectivity index (χ0) is 13.9. The Bertz CT molecular complexity index is 464. The third-order valence-corrected chi connectivity index (χ3v) is 2.93. The molecule has 1 heterocycles. The van der Waals surface area contributed by atoms with E-state index in [0.29, 0.717) is 12.0 Å². The summed E-state index contributed by atoms with van der Waals surface area (Å²) in [5.41, 5.74) is 11.9. The molecule has 0 aromatic heterocycles. The van der Waals surface area contributed by atoms with Crippen molar-refractivity contribution >= 4 is 18.2 Å². The molecule has 2 rings (SSSR count). The van der Waals surface area contributed by atoms with Gasteiger partial charge in [-0.2, -0.15) is 0 Å². The summed E-state index contributed by atoms with van der Waals surface area (Å²) >= 11 is 0. The molecular formula is C11H17BN3O4-. The molecule has 0 radical (unpaired) electrons. The summed E-state index contributed by atoms with van der Waals surface area (Å²) in [6, 6.07) is 6.94. The SMILES string of the molecule is NC(N)=NCc1ccc([B-]2(O)OC[C@@H](CO)O2)cc1. The first-order valence-corrected chi connectivity index (χ1v) is 5.97. The van der Waals surface area contributed by atoms with E-state index in [-0.39, 0.29) is 19.2 Å². The molecule has 1 aromatic carbocycles. The fourth-order valence-electron chi connectivity index (χ4n) is 1.90. The molecule has 1 aromatic rings. The summed E-state index contributed by atoms with van der Waals surface area (Å²) in [6.45, 7) is -2.15. The van der Waals surface area contributed by atoms with Crippen LogP contribution in [0.3, 0.4) is 0 Å². The minimum Gasteiger partial charge on any atom is -0.555 e. The van der Waals surface area contributed by atoms with Crippen LogP contribution < -0.4 is 16.9 Å². The summed E-state index contributed by atoms with van der Waals surface area (Å²) in [6.07, 6.45) is -0.494. The Kier molecular flexibility index (Phi) is 4.06. The molecule has 0 aliphatic carbocycles. The van der Waals surface area contributed by atoms with Gasteiger partial charge in [-0.15, -0.1) is 5.46 Å². The number of hydrogen-bond donors (Lipinski definition) is 4. The number of guanidine groups is 1. The highest BCUT2D eigenvalue weighted by Crippen LogP contribution is 2.16. The molecule has 6 N–H and O–H groups in total. The van der Waals surface area contributed by atoms with Crippen molar-refractivity contribution in [2.24, 2.45) is 16.5 Å². The van der Waals surface area contributed by atoms with E-state index in [2.05, 4.69) is 4.99 Å². The molecule has 1 aliphatic heterocycles. The van der Waals surface area contributed by atoms with Crippen molar-refractivity contribution in [3.8, 4) is 0 Å². The van der Waals surface area contributed by atoms with Crippen LogP contribution in [-0.4, -0.2) is 42.2 Å². The summed E-state index contributed by atoms with van der Waals surface area (Å²) in [7, 11) is 0. The van der Waals surface area contributed by atoms with Gasteiger partial charge in [-0.05, 0) is 5.56 Å². The van der Waals surface area contributed by atoms with Crippen LogP contribution in [0.15, 0.2) is 29.3 Å². The standard InChI is InChI=1S/C11H17BN3O4/c13-11(14)15-5-8-1-3-9(4-2-8)12(17)18-7-10(6-16)19-12/h1-4,10,16-17H,5-7H2,(H4,13,14,15)/q-1/t10-,12?/m1/s1. The maximum absolute atomic E-state index is 10.2. The normalized spacial score (nSPS) is 26.3. The molecule has 1 unspecified atom stereocenters. The lowest BCUT2D eigenvalue weighted by Gasteiger charge is -2.29. The van der Waals surface area contributed by atoms with Gasteiger partial charge in [0.15, 0.2) is 5.96 Å². The molecule has 7 nitrogen and oxygen atoms in total. The summed E-state index contributed by atoms with van der Waals surface area (Å²) < 4.78 is 10.5. The number of benzene rings is 1. The average Bonchev–Trinajstić information content (AvgIpc) is 2.80. The number of hydrogen-bond acceptors (Lipinski definition) is 5. The molecule has 1 fully saturated rings. The second kappa shape index (κ2) is 5.58. The smallest absolute Gasteiger partial charge is 0.407 e. The van der Waals surface area contributed by atoms with Crippen molar-refractivity contribution in [1.29, 1.82) is 0 Å². The van der Waals surface area contributed by atoms with Crippen molar-refractivity contribution in [1.82, 2.24) is 0 Å². The van der Waals surface area contributed by atoms with Crippen LogP contribution >= 0.6 is 0 Å². The Morgan fingerprint density at radius 1 is 1.37 bits per heavy atom. The van der Waals surface area contributed by atoms with E-state index in [1.807, 2.05) is 0 Å². The molecule has 19 heavy (non-hydrogen) atoms. The Morgan fingerprint density at radius 2 is 2.05 bits per heavy atom. The maximum atomic E-state index is 10.2. The second-order valence-electron chi connectivity index (χ2n) is 4.43. The van der Waals surface area contributed by atoms with E-state index < -0.39 is 12.9 Å². The van der Waals surface area contributed by atoms with Gasteiger partial charge in [-0.3, -0.25) is 0 Å². The molecule has 104 valence electrons. The van der Waals surface area contributed by atoms with Gasteiger partial charge in [-0.25, -0.2) is 4.99 Å². The molecule has 0 saturated carbocycles. The molecule has 1 aliphatic rings. The van der Waals surface area contributed by atoms with Crippen LogP contribution in [-0.2, 0) is 15.9 Å². The fourth-order valence-corrected chi connectivity index (χ4v) is 1.90. The molecule has 0 bridgehead atoms. The lowest BCUT2D eigenvalue weighted by atomic mass is 9.70. The van der Waals surface area contributed by atoms with E-state index in [9.17, 15) is 5.02 Å². The molecular weight excluding hydrogens is 249 g/mol. The second-order valence-corrected chi connectivity index (χ2v) is 4.43. The first kappa shape index (κ1) is 13.8. The maximum Gasteiger partial charge on any atom is 0.407 e. The molecule has 8 heteroatoms. The van der Waals surface area contributed by atoms with Crippen LogP contribution in [0.4, 0.5) is 0 Å². The van der Waals surface area contributed by atoms with Gasteiger partial charge in [0, 0.05) is 6.61 Å². The number of aliphatic hydroxyl groups is 1. The monoisotopic (exact) mass is 266 g/mol. The Morgan fingerprint density at radius 3 is 2.58 bits per heavy atom. The van der Waals surface area contributed by atoms with Crippen molar-refractivity contribution < 1.29 is 19.4 Å². The lowest BCUT2D eigenvalue weighted by molar-refractivity contribution is 0.120. The average molecular weight is 266 g/mol. The Labute approximate surface area is 110 Å². The van der Waals surface area contributed by atoms with Crippen LogP contribution in [0.2, 0.25) is 0 Å². The van der Waals surface area contributed by atoms with Crippen molar-refractivity contribution in [2.75, 3.05) is 13.2 Å². The predicted molar refractivity (Wildman–Crippen MR) is 71.5 cm³/mol. The van der Waals surface area contributed by atoms with Crippen molar-refractivity contribution in [3.05, 3.63) is 29.8 Å². The third-order valence-electron chi connectivity index (χ3n) is 2.93. The predicted octanol–water partition coefficient (Wildman–Crippen LogP) is -1.99. The molecule has 1 saturated heterocycles. The van der Waals surface area contributed by atoms with Gasteiger partial charge in [-0.1, -0.05) is 24.3 Å². The van der Waals surface area contributed by atoms with Crippen molar-refractivity contribution in [2.45, 2.75) is 12.6 Å². The Hall–Kier alpha value is -1.61. The first-order valence-electron chi connectivity index (χ1n) is 5.97. The van der Waals surface area contributed by atoms with E-state index in [4.69, 9.17) is 25.9 Å². The zero-order valence-electron chi connectivity index (χ0n) is 10.4. The third kappa shape index (κ3) is 3.24. The highest BCUT2D eigenvalue weighted by Gasteiger charge is 2.36. The minimum absolute atomic E-state index is 0.0279. The zero-order valence-corrected chi connectivity index (χ0v) is 10.4. The first-order chi connectivity index (χ1) is 9.03. The van der Waals surface area contributed by atoms with Gasteiger partial charge in [0.1, 0.15) is 0 Å². The van der Waals surface area contributed by atoms with Crippen LogP contribution in [0.5, 0.6) is 0 Å². The van der Waals surface area contributed by atoms with E-state index >= 15 is 0 Å². The number of rotatable bonds is 4. The van der Waals surface area contributed by atoms with Gasteiger partial charge < -0.3 is 30.9 Å². The van der Waals surface area contributed by atoms with Gasteiger partial charge in [0.25, 0.3) is 0 Å². The quantitative estimate of drug-likeness (QED) is 0.284. The number of nitrogens with two attached hydrogens (primary N) is 2. The minimum atomic E-state index is -2.50. The molecule has 2 atom stereocenters. The number of nitrogens with zero attached hydrogens (tertiary/aromatic N) is 1. The molecule has 0 spiro atoms.